The summed E-state index contributed by atoms with van der Waals surface area (Å²) in [6, 6.07) is 13.0. The van der Waals surface area contributed by atoms with E-state index in [4.69, 9.17) is 0 Å². The smallest absolute Gasteiger partial charge is 0.232 e. The van der Waals surface area contributed by atoms with Gasteiger partial charge in [-0.2, -0.15) is 0 Å². The lowest BCUT2D eigenvalue weighted by Gasteiger charge is -2.15. The van der Waals surface area contributed by atoms with Crippen molar-refractivity contribution in [3.05, 3.63) is 71.2 Å². The molecule has 2 aromatic carbocycles. The fourth-order valence-corrected chi connectivity index (χ4v) is 3.48. The molecule has 0 fully saturated rings. The summed E-state index contributed by atoms with van der Waals surface area (Å²) in [6.07, 6.45) is 3.87. The highest BCUT2D eigenvalue weighted by molar-refractivity contribution is 5.83. The SMILES string of the molecule is Cc1cc(C)c(-c2cnc[n+](C)c2-c2ccccc2C)c(C)c1. The summed E-state index contributed by atoms with van der Waals surface area (Å²) in [4.78, 5) is 4.44. The van der Waals surface area contributed by atoms with Crippen LogP contribution >= 0.6 is 0 Å². The van der Waals surface area contributed by atoms with Crippen molar-refractivity contribution in [2.24, 2.45) is 7.05 Å². The molecule has 2 heteroatoms. The summed E-state index contributed by atoms with van der Waals surface area (Å²) < 4.78 is 2.12. The highest BCUT2D eigenvalue weighted by Crippen LogP contribution is 2.34. The van der Waals surface area contributed by atoms with Crippen molar-refractivity contribution in [3.8, 4) is 22.4 Å². The molecule has 3 aromatic rings. The van der Waals surface area contributed by atoms with Gasteiger partial charge in [-0.3, -0.25) is 0 Å². The highest BCUT2D eigenvalue weighted by atomic mass is 15.0. The summed E-state index contributed by atoms with van der Waals surface area (Å²) >= 11 is 0. The number of aromatic nitrogens is 2. The van der Waals surface area contributed by atoms with Crippen molar-refractivity contribution < 1.29 is 4.57 Å². The van der Waals surface area contributed by atoms with E-state index in [1.165, 1.54) is 44.6 Å². The first kappa shape index (κ1) is 15.4. The minimum atomic E-state index is 1.19. The van der Waals surface area contributed by atoms with Gasteiger partial charge in [-0.25, -0.2) is 4.57 Å². The molecule has 1 aromatic heterocycles. The quantitative estimate of drug-likeness (QED) is 0.638. The van der Waals surface area contributed by atoms with E-state index in [0.717, 1.165) is 0 Å². The molecule has 0 amide bonds. The third kappa shape index (κ3) is 2.77. The van der Waals surface area contributed by atoms with Gasteiger partial charge in [-0.1, -0.05) is 46.9 Å². The molecule has 0 aliphatic heterocycles. The van der Waals surface area contributed by atoms with Crippen LogP contribution in [0, 0.1) is 27.7 Å². The van der Waals surface area contributed by atoms with E-state index in [-0.39, 0.29) is 0 Å². The molecule has 0 spiro atoms. The maximum Gasteiger partial charge on any atom is 0.286 e. The molecule has 0 saturated carbocycles. The zero-order valence-electron chi connectivity index (χ0n) is 14.5. The summed E-state index contributed by atoms with van der Waals surface area (Å²) in [7, 11) is 2.07. The molecule has 116 valence electrons. The van der Waals surface area contributed by atoms with Crippen LogP contribution in [0.3, 0.4) is 0 Å². The first-order valence-corrected chi connectivity index (χ1v) is 7.97. The Labute approximate surface area is 138 Å². The van der Waals surface area contributed by atoms with Crippen LogP contribution in [0.2, 0.25) is 0 Å². The summed E-state index contributed by atoms with van der Waals surface area (Å²) in [5.74, 6) is 0. The standard InChI is InChI=1S/C21H23N2/c1-14-10-16(3)20(17(4)11-14)19-12-22-13-23(5)21(19)18-9-7-6-8-15(18)2/h6-13H,1-5H3/q+1. The van der Waals surface area contributed by atoms with Gasteiger partial charge < -0.3 is 0 Å². The van der Waals surface area contributed by atoms with Crippen LogP contribution in [-0.2, 0) is 7.05 Å². The van der Waals surface area contributed by atoms with E-state index in [0.29, 0.717) is 0 Å². The minimum absolute atomic E-state index is 1.19. The largest absolute Gasteiger partial charge is 0.286 e. The lowest BCUT2D eigenvalue weighted by molar-refractivity contribution is -0.663. The van der Waals surface area contributed by atoms with E-state index < -0.39 is 0 Å². The first-order valence-electron chi connectivity index (χ1n) is 7.97. The summed E-state index contributed by atoms with van der Waals surface area (Å²) in [5.41, 5.74) is 10.1. The number of rotatable bonds is 2. The van der Waals surface area contributed by atoms with Crippen LogP contribution in [-0.4, -0.2) is 4.98 Å². The Morgan fingerprint density at radius 2 is 1.48 bits per heavy atom. The molecule has 1 heterocycles. The van der Waals surface area contributed by atoms with Crippen molar-refractivity contribution >= 4 is 0 Å². The molecule has 0 bridgehead atoms. The number of nitrogens with zero attached hydrogens (tertiary/aromatic N) is 2. The van der Waals surface area contributed by atoms with Gasteiger partial charge >= 0.3 is 0 Å². The number of hydrogen-bond donors (Lipinski definition) is 0. The lowest BCUT2D eigenvalue weighted by atomic mass is 9.91. The fourth-order valence-electron chi connectivity index (χ4n) is 3.48. The normalized spacial score (nSPS) is 10.8. The van der Waals surface area contributed by atoms with Crippen LogP contribution in [0.5, 0.6) is 0 Å². The molecule has 0 aliphatic carbocycles. The number of aryl methyl sites for hydroxylation is 5. The topological polar surface area (TPSA) is 16.8 Å². The maximum absolute atomic E-state index is 4.44. The van der Waals surface area contributed by atoms with Crippen LogP contribution in [0.15, 0.2) is 48.9 Å². The molecule has 0 aliphatic rings. The molecule has 0 radical (unpaired) electrons. The molecule has 3 rings (SSSR count). The van der Waals surface area contributed by atoms with Gasteiger partial charge in [0.15, 0.2) is 6.20 Å². The zero-order valence-corrected chi connectivity index (χ0v) is 14.5. The molecule has 23 heavy (non-hydrogen) atoms. The van der Waals surface area contributed by atoms with Crippen molar-refractivity contribution in [2.75, 3.05) is 0 Å². The average molecular weight is 303 g/mol. The predicted molar refractivity (Wildman–Crippen MR) is 95.2 cm³/mol. The molecule has 2 nitrogen and oxygen atoms in total. The maximum atomic E-state index is 4.44. The molecular weight excluding hydrogens is 280 g/mol. The van der Waals surface area contributed by atoms with Gasteiger partial charge in [-0.15, -0.1) is 0 Å². The van der Waals surface area contributed by atoms with Crippen molar-refractivity contribution in [3.63, 3.8) is 0 Å². The van der Waals surface area contributed by atoms with Gasteiger partial charge in [0.25, 0.3) is 6.33 Å². The molecule has 0 N–H and O–H groups in total. The first-order chi connectivity index (χ1) is 11.0. The van der Waals surface area contributed by atoms with E-state index in [1.54, 1.807) is 0 Å². The van der Waals surface area contributed by atoms with Gasteiger partial charge in [0, 0.05) is 5.56 Å². The van der Waals surface area contributed by atoms with Gasteiger partial charge in [0.05, 0.1) is 12.6 Å². The second kappa shape index (κ2) is 5.96. The van der Waals surface area contributed by atoms with Crippen LogP contribution in [0.1, 0.15) is 22.3 Å². The van der Waals surface area contributed by atoms with Gasteiger partial charge in [0.2, 0.25) is 0 Å². The molecule has 0 atom stereocenters. The van der Waals surface area contributed by atoms with Crippen LogP contribution in [0.4, 0.5) is 0 Å². The van der Waals surface area contributed by atoms with Crippen molar-refractivity contribution in [1.29, 1.82) is 0 Å². The Bertz CT molecular complexity index is 856. The van der Waals surface area contributed by atoms with Crippen LogP contribution < -0.4 is 4.57 Å². The Kier molecular flexibility index (Phi) is 3.99. The van der Waals surface area contributed by atoms with Gasteiger partial charge in [-0.05, 0) is 49.9 Å². The summed E-state index contributed by atoms with van der Waals surface area (Å²) in [5, 5.41) is 0. The Morgan fingerprint density at radius 1 is 0.826 bits per heavy atom. The van der Waals surface area contributed by atoms with Crippen LogP contribution in [0.25, 0.3) is 22.4 Å². The number of hydrogen-bond acceptors (Lipinski definition) is 1. The monoisotopic (exact) mass is 303 g/mol. The lowest BCUT2D eigenvalue weighted by Crippen LogP contribution is -2.32. The van der Waals surface area contributed by atoms with E-state index >= 15 is 0 Å². The fraction of sp³-hybridized carbons (Fsp3) is 0.238. The summed E-state index contributed by atoms with van der Waals surface area (Å²) in [6.45, 7) is 8.68. The predicted octanol–water partition coefficient (Wildman–Crippen LogP) is 4.47. The average Bonchev–Trinajstić information content (AvgIpc) is 2.47. The van der Waals surface area contributed by atoms with E-state index in [9.17, 15) is 0 Å². The van der Waals surface area contributed by atoms with E-state index in [2.05, 4.69) is 80.7 Å². The Balaban J connectivity index is 2.36. The second-order valence-electron chi connectivity index (χ2n) is 6.36. The van der Waals surface area contributed by atoms with Gasteiger partial charge in [0.1, 0.15) is 5.69 Å². The number of benzene rings is 2. The second-order valence-corrected chi connectivity index (χ2v) is 6.36. The zero-order chi connectivity index (χ0) is 16.6. The van der Waals surface area contributed by atoms with Crippen molar-refractivity contribution in [2.45, 2.75) is 27.7 Å². The molecule has 0 saturated heterocycles. The Hall–Kier alpha value is -2.48. The third-order valence-electron chi connectivity index (χ3n) is 4.40. The van der Waals surface area contributed by atoms with E-state index in [1.807, 2.05) is 12.5 Å². The molecular formula is C21H23N2+. The minimum Gasteiger partial charge on any atom is -0.232 e. The molecule has 0 unspecified atom stereocenters. The Morgan fingerprint density at radius 3 is 2.13 bits per heavy atom. The third-order valence-corrected chi connectivity index (χ3v) is 4.40. The van der Waals surface area contributed by atoms with Crippen molar-refractivity contribution in [1.82, 2.24) is 4.98 Å². The highest BCUT2D eigenvalue weighted by Gasteiger charge is 2.20.